The van der Waals surface area contributed by atoms with Crippen molar-refractivity contribution in [2.24, 2.45) is 0 Å². The number of hydrogen-bond donors (Lipinski definition) is 0. The van der Waals surface area contributed by atoms with E-state index in [-0.39, 0.29) is 5.41 Å². The van der Waals surface area contributed by atoms with E-state index in [9.17, 15) is 0 Å². The molecule has 2 heteroatoms. The van der Waals surface area contributed by atoms with Crippen molar-refractivity contribution in [3.63, 3.8) is 0 Å². The van der Waals surface area contributed by atoms with Crippen LogP contribution >= 0.6 is 0 Å². The summed E-state index contributed by atoms with van der Waals surface area (Å²) in [4.78, 5) is 2.53. The van der Waals surface area contributed by atoms with Gasteiger partial charge in [0.2, 0.25) is 0 Å². The van der Waals surface area contributed by atoms with Gasteiger partial charge in [0.1, 0.15) is 11.2 Å². The van der Waals surface area contributed by atoms with Crippen LogP contribution in [0.3, 0.4) is 0 Å². The van der Waals surface area contributed by atoms with Crippen molar-refractivity contribution in [1.82, 2.24) is 0 Å². The van der Waals surface area contributed by atoms with E-state index in [0.29, 0.717) is 0 Å². The summed E-state index contributed by atoms with van der Waals surface area (Å²) in [5.74, 6) is 0. The van der Waals surface area contributed by atoms with Crippen molar-refractivity contribution in [3.05, 3.63) is 234 Å². The molecular weight excluding hydrogens is 727 g/mol. The second kappa shape index (κ2) is 12.1. The lowest BCUT2D eigenvalue weighted by Crippen LogP contribution is -2.28. The minimum Gasteiger partial charge on any atom is -0.456 e. The summed E-state index contributed by atoms with van der Waals surface area (Å²) in [6.07, 6.45) is 0. The molecule has 10 aromatic rings. The first-order valence-electron chi connectivity index (χ1n) is 21.0. The SMILES string of the molecule is CC1(C)c2ccccc2-c2ccc(N(c3ccc(-c4ccc5c(c4)oc4ccccc45)cc3)c3cccc4c3C3(c5ccccc5-c5ccccc53)c3ccccc3-4)cc21. The van der Waals surface area contributed by atoms with Crippen molar-refractivity contribution >= 4 is 39.0 Å². The molecule has 0 aliphatic heterocycles. The lowest BCUT2D eigenvalue weighted by Gasteiger charge is -2.36. The molecule has 1 aromatic heterocycles. The van der Waals surface area contributed by atoms with E-state index in [1.165, 1.54) is 72.4 Å². The molecule has 3 aliphatic carbocycles. The van der Waals surface area contributed by atoms with Crippen LogP contribution < -0.4 is 4.90 Å². The molecule has 0 saturated heterocycles. The Hall–Kier alpha value is -7.42. The van der Waals surface area contributed by atoms with Gasteiger partial charge in [-0.15, -0.1) is 0 Å². The summed E-state index contributed by atoms with van der Waals surface area (Å²) in [6, 6.07) is 74.3. The molecule has 60 heavy (non-hydrogen) atoms. The van der Waals surface area contributed by atoms with Crippen LogP contribution in [0.1, 0.15) is 47.2 Å². The van der Waals surface area contributed by atoms with E-state index < -0.39 is 5.41 Å². The summed E-state index contributed by atoms with van der Waals surface area (Å²) >= 11 is 0. The van der Waals surface area contributed by atoms with Gasteiger partial charge in [-0.25, -0.2) is 0 Å². The van der Waals surface area contributed by atoms with Crippen molar-refractivity contribution < 1.29 is 4.42 Å². The molecule has 0 fully saturated rings. The lowest BCUT2D eigenvalue weighted by atomic mass is 9.70. The highest BCUT2D eigenvalue weighted by molar-refractivity contribution is 6.06. The van der Waals surface area contributed by atoms with Crippen LogP contribution in [0.15, 0.2) is 205 Å². The van der Waals surface area contributed by atoms with Crippen LogP contribution in [0.2, 0.25) is 0 Å². The molecule has 0 atom stereocenters. The maximum absolute atomic E-state index is 6.33. The van der Waals surface area contributed by atoms with Gasteiger partial charge in [-0.2, -0.15) is 0 Å². The number of fused-ring (bicyclic) bond motifs is 16. The van der Waals surface area contributed by atoms with Gasteiger partial charge in [0.15, 0.2) is 0 Å². The third kappa shape index (κ3) is 4.32. The third-order valence-corrected chi connectivity index (χ3v) is 13.9. The zero-order chi connectivity index (χ0) is 39.7. The van der Waals surface area contributed by atoms with E-state index in [4.69, 9.17) is 4.42 Å². The predicted octanol–water partition coefficient (Wildman–Crippen LogP) is 15.4. The molecule has 9 aromatic carbocycles. The largest absolute Gasteiger partial charge is 0.456 e. The average molecular weight is 766 g/mol. The van der Waals surface area contributed by atoms with Crippen LogP contribution in [0.4, 0.5) is 17.1 Å². The van der Waals surface area contributed by atoms with E-state index in [1.54, 1.807) is 0 Å². The topological polar surface area (TPSA) is 16.4 Å². The van der Waals surface area contributed by atoms with Crippen molar-refractivity contribution in [2.45, 2.75) is 24.7 Å². The number of nitrogens with zero attached hydrogens (tertiary/aromatic N) is 1. The van der Waals surface area contributed by atoms with Crippen LogP contribution in [0.25, 0.3) is 66.4 Å². The first-order valence-corrected chi connectivity index (χ1v) is 21.0. The summed E-state index contributed by atoms with van der Waals surface area (Å²) in [5.41, 5.74) is 22.8. The van der Waals surface area contributed by atoms with E-state index in [1.807, 2.05) is 12.1 Å². The first-order chi connectivity index (χ1) is 29.5. The van der Waals surface area contributed by atoms with Gasteiger partial charge in [-0.1, -0.05) is 166 Å². The standard InChI is InChI=1S/C58H39NO/c1-57(2)48-20-8-3-14-40(48)44-33-31-39(35-52(44)57)59(38-29-26-36(27-30-38)37-28-32-46-45-18-7-12-25-54(45)60-55(46)34-37)53-24-13-19-47-43-17-6-11-23-51(43)58(56(47)53)49-21-9-4-15-41(49)42-16-5-10-22-50(42)58/h3-35H,1-2H3. The third-order valence-electron chi connectivity index (χ3n) is 13.9. The molecule has 13 rings (SSSR count). The Morgan fingerprint density at radius 3 is 1.58 bits per heavy atom. The molecule has 3 aliphatic rings. The number of anilines is 3. The van der Waals surface area contributed by atoms with E-state index in [0.717, 1.165) is 44.4 Å². The minimum atomic E-state index is -0.498. The molecule has 0 bridgehead atoms. The molecule has 2 nitrogen and oxygen atoms in total. The average Bonchev–Trinajstić information content (AvgIpc) is 3.99. The minimum absolute atomic E-state index is 0.147. The molecule has 0 saturated carbocycles. The number of rotatable bonds is 4. The van der Waals surface area contributed by atoms with E-state index >= 15 is 0 Å². The van der Waals surface area contributed by atoms with Gasteiger partial charge in [0.05, 0.1) is 11.1 Å². The Balaban J connectivity index is 1.05. The van der Waals surface area contributed by atoms with Crippen molar-refractivity contribution in [1.29, 1.82) is 0 Å². The summed E-state index contributed by atoms with van der Waals surface area (Å²) in [5, 5.41) is 2.29. The maximum atomic E-state index is 6.33. The Morgan fingerprint density at radius 1 is 0.367 bits per heavy atom. The van der Waals surface area contributed by atoms with Crippen molar-refractivity contribution in [2.75, 3.05) is 4.90 Å². The first kappa shape index (κ1) is 33.5. The lowest BCUT2D eigenvalue weighted by molar-refractivity contribution is 0.660. The summed E-state index contributed by atoms with van der Waals surface area (Å²) < 4.78 is 6.33. The Bertz CT molecular complexity index is 3360. The number of para-hydroxylation sites is 1. The molecule has 0 radical (unpaired) electrons. The normalized spacial score (nSPS) is 14.4. The molecule has 0 unspecified atom stereocenters. The molecule has 1 heterocycles. The van der Waals surface area contributed by atoms with Gasteiger partial charge in [0, 0.05) is 33.1 Å². The Morgan fingerprint density at radius 2 is 0.883 bits per heavy atom. The molecule has 0 amide bonds. The maximum Gasteiger partial charge on any atom is 0.136 e. The second-order valence-corrected chi connectivity index (χ2v) is 17.2. The highest BCUT2D eigenvalue weighted by Crippen LogP contribution is 2.65. The predicted molar refractivity (Wildman–Crippen MR) is 248 cm³/mol. The highest BCUT2D eigenvalue weighted by atomic mass is 16.3. The highest BCUT2D eigenvalue weighted by Gasteiger charge is 2.53. The van der Waals surface area contributed by atoms with Crippen LogP contribution in [-0.4, -0.2) is 0 Å². The quantitative estimate of drug-likeness (QED) is 0.177. The smallest absolute Gasteiger partial charge is 0.136 e. The second-order valence-electron chi connectivity index (χ2n) is 17.2. The Kier molecular flexibility index (Phi) is 6.74. The van der Waals surface area contributed by atoms with Gasteiger partial charge in [-0.05, 0) is 121 Å². The molecular formula is C58H39NO. The van der Waals surface area contributed by atoms with Gasteiger partial charge in [-0.3, -0.25) is 0 Å². The molecule has 1 spiro atoms. The van der Waals surface area contributed by atoms with Gasteiger partial charge >= 0.3 is 0 Å². The molecule has 282 valence electrons. The summed E-state index contributed by atoms with van der Waals surface area (Å²) in [7, 11) is 0. The van der Waals surface area contributed by atoms with Crippen LogP contribution in [0.5, 0.6) is 0 Å². The van der Waals surface area contributed by atoms with Gasteiger partial charge < -0.3 is 9.32 Å². The number of hydrogen-bond acceptors (Lipinski definition) is 2. The number of benzene rings is 9. The Labute approximate surface area is 349 Å². The van der Waals surface area contributed by atoms with Gasteiger partial charge in [0.25, 0.3) is 0 Å². The molecule has 0 N–H and O–H groups in total. The van der Waals surface area contributed by atoms with Crippen molar-refractivity contribution in [3.8, 4) is 44.5 Å². The number of furan rings is 1. The fourth-order valence-corrected chi connectivity index (χ4v) is 11.3. The monoisotopic (exact) mass is 765 g/mol. The summed E-state index contributed by atoms with van der Waals surface area (Å²) in [6.45, 7) is 4.75. The van der Waals surface area contributed by atoms with E-state index in [2.05, 4.69) is 207 Å². The van der Waals surface area contributed by atoms with Crippen LogP contribution in [-0.2, 0) is 10.8 Å². The fourth-order valence-electron chi connectivity index (χ4n) is 11.3. The zero-order valence-corrected chi connectivity index (χ0v) is 33.4. The van der Waals surface area contributed by atoms with Crippen LogP contribution in [0, 0.1) is 0 Å². The zero-order valence-electron chi connectivity index (χ0n) is 33.4. The fraction of sp³-hybridized carbons (Fsp3) is 0.0690.